The summed E-state index contributed by atoms with van der Waals surface area (Å²) in [6.45, 7) is 3.13. The van der Waals surface area contributed by atoms with Gasteiger partial charge in [0.05, 0.1) is 42.5 Å². The molecule has 9 heteroatoms. The van der Waals surface area contributed by atoms with Crippen LogP contribution in [0.25, 0.3) is 0 Å². The summed E-state index contributed by atoms with van der Waals surface area (Å²) in [5.41, 5.74) is 0.673. The van der Waals surface area contributed by atoms with E-state index >= 15 is 0 Å². The monoisotopic (exact) mass is 495 g/mol. The molecule has 3 aromatic rings. The highest BCUT2D eigenvalue weighted by molar-refractivity contribution is 7.92. The third-order valence-corrected chi connectivity index (χ3v) is 6.83. The number of anilines is 1. The molecule has 0 aliphatic rings. The smallest absolute Gasteiger partial charge is 0.338 e. The van der Waals surface area contributed by atoms with Gasteiger partial charge in [0.15, 0.2) is 6.61 Å². The molecule has 0 aliphatic carbocycles. The molecule has 0 radical (unpaired) electrons. The Balaban J connectivity index is 1.79. The number of esters is 1. The maximum absolute atomic E-state index is 13.3. The van der Waals surface area contributed by atoms with Gasteiger partial charge < -0.3 is 14.2 Å². The fraction of sp³-hybridized carbons (Fsp3) is 0.154. The third kappa shape index (κ3) is 5.88. The number of carbonyl (C=O) groups excluding carboxylic acids is 2. The van der Waals surface area contributed by atoms with Crippen molar-refractivity contribution in [2.45, 2.75) is 4.90 Å². The van der Waals surface area contributed by atoms with Crippen LogP contribution in [-0.4, -0.2) is 47.5 Å². The second-order valence-corrected chi connectivity index (χ2v) is 9.12. The number of benzene rings is 3. The zero-order valence-corrected chi connectivity index (χ0v) is 20.2. The number of sulfonamides is 1. The zero-order valence-electron chi connectivity index (χ0n) is 19.3. The first-order valence-electron chi connectivity index (χ1n) is 10.5. The lowest BCUT2D eigenvalue weighted by Gasteiger charge is -2.23. The van der Waals surface area contributed by atoms with Gasteiger partial charge >= 0.3 is 5.97 Å². The van der Waals surface area contributed by atoms with E-state index < -0.39 is 28.4 Å². The van der Waals surface area contributed by atoms with E-state index in [9.17, 15) is 18.0 Å². The van der Waals surface area contributed by atoms with E-state index in [0.29, 0.717) is 11.4 Å². The minimum atomic E-state index is -4.00. The van der Waals surface area contributed by atoms with Gasteiger partial charge in [0, 0.05) is 6.07 Å². The van der Waals surface area contributed by atoms with Crippen LogP contribution in [0.4, 0.5) is 5.69 Å². The molecule has 0 bridgehead atoms. The number of hydrogen-bond donors (Lipinski definition) is 0. The summed E-state index contributed by atoms with van der Waals surface area (Å²) < 4.78 is 43.3. The lowest BCUT2D eigenvalue weighted by atomic mass is 10.1. The summed E-state index contributed by atoms with van der Waals surface area (Å²) in [7, 11) is -1.10. The Bertz CT molecular complexity index is 1320. The summed E-state index contributed by atoms with van der Waals surface area (Å²) in [5.74, 6) is -0.531. The number of ketones is 1. The van der Waals surface area contributed by atoms with E-state index in [4.69, 9.17) is 14.2 Å². The SMILES string of the molecule is C=CCN(c1ccccc1)S(=O)(=O)c1cccc(C(=O)OCC(=O)c2ccc(OC)cc2OC)c1. The first kappa shape index (κ1) is 25.5. The maximum Gasteiger partial charge on any atom is 0.338 e. The van der Waals surface area contributed by atoms with E-state index in [1.807, 2.05) is 0 Å². The highest BCUT2D eigenvalue weighted by Crippen LogP contribution is 2.26. The molecule has 0 aliphatic heterocycles. The van der Waals surface area contributed by atoms with Gasteiger partial charge in [-0.25, -0.2) is 13.2 Å². The number of rotatable bonds is 11. The highest BCUT2D eigenvalue weighted by Gasteiger charge is 2.25. The second kappa shape index (κ2) is 11.3. The number of hydrogen-bond acceptors (Lipinski definition) is 7. The summed E-state index contributed by atoms with van der Waals surface area (Å²) in [5, 5.41) is 0. The molecule has 0 aromatic heterocycles. The first-order valence-corrected chi connectivity index (χ1v) is 12.0. The molecular formula is C26H25NO7S. The van der Waals surface area contributed by atoms with Crippen LogP contribution in [0.5, 0.6) is 11.5 Å². The predicted molar refractivity (Wildman–Crippen MR) is 132 cm³/mol. The molecule has 0 saturated heterocycles. The summed E-state index contributed by atoms with van der Waals surface area (Å²) in [6, 6.07) is 18.7. The molecule has 0 spiro atoms. The maximum atomic E-state index is 13.3. The minimum Gasteiger partial charge on any atom is -0.497 e. The molecule has 3 aromatic carbocycles. The Morgan fingerprint density at radius 3 is 2.34 bits per heavy atom. The van der Waals surface area contributed by atoms with Gasteiger partial charge in [-0.05, 0) is 42.5 Å². The average Bonchev–Trinajstić information content (AvgIpc) is 2.90. The fourth-order valence-corrected chi connectivity index (χ4v) is 4.77. The van der Waals surface area contributed by atoms with Gasteiger partial charge in [-0.2, -0.15) is 0 Å². The largest absolute Gasteiger partial charge is 0.497 e. The van der Waals surface area contributed by atoms with Gasteiger partial charge in [-0.1, -0.05) is 30.3 Å². The van der Waals surface area contributed by atoms with Crippen molar-refractivity contribution in [2.24, 2.45) is 0 Å². The van der Waals surface area contributed by atoms with Crippen molar-refractivity contribution in [3.63, 3.8) is 0 Å². The van der Waals surface area contributed by atoms with Crippen LogP contribution >= 0.6 is 0 Å². The Kier molecular flexibility index (Phi) is 8.27. The van der Waals surface area contributed by atoms with Gasteiger partial charge in [0.25, 0.3) is 10.0 Å². The topological polar surface area (TPSA) is 99.2 Å². The first-order chi connectivity index (χ1) is 16.8. The number of Topliss-reactive ketones (excluding diaryl/α,β-unsaturated/α-hetero) is 1. The van der Waals surface area contributed by atoms with E-state index in [0.717, 1.165) is 0 Å². The molecule has 8 nitrogen and oxygen atoms in total. The predicted octanol–water partition coefficient (Wildman–Crippen LogP) is 4.12. The normalized spacial score (nSPS) is 10.8. The summed E-state index contributed by atoms with van der Waals surface area (Å²) in [4.78, 5) is 25.1. The zero-order chi connectivity index (χ0) is 25.4. The molecule has 0 unspecified atom stereocenters. The molecular weight excluding hydrogens is 470 g/mol. The van der Waals surface area contributed by atoms with Crippen molar-refractivity contribution in [3.8, 4) is 11.5 Å². The van der Waals surface area contributed by atoms with Crippen LogP contribution in [0.3, 0.4) is 0 Å². The Hall–Kier alpha value is -4.11. The molecule has 0 fully saturated rings. The van der Waals surface area contributed by atoms with Crippen molar-refractivity contribution in [2.75, 3.05) is 31.7 Å². The van der Waals surface area contributed by atoms with Crippen LogP contribution in [-0.2, 0) is 14.8 Å². The van der Waals surface area contributed by atoms with Crippen LogP contribution < -0.4 is 13.8 Å². The fourth-order valence-electron chi connectivity index (χ4n) is 3.29. The van der Waals surface area contributed by atoms with Crippen LogP contribution in [0.2, 0.25) is 0 Å². The molecule has 3 rings (SSSR count). The quantitative estimate of drug-likeness (QED) is 0.224. The third-order valence-electron chi connectivity index (χ3n) is 5.04. The van der Waals surface area contributed by atoms with Crippen molar-refractivity contribution in [1.29, 1.82) is 0 Å². The lowest BCUT2D eigenvalue weighted by molar-refractivity contribution is 0.0473. The number of para-hydroxylation sites is 1. The van der Waals surface area contributed by atoms with E-state index in [1.54, 1.807) is 42.5 Å². The Labute approximate surface area is 204 Å². The van der Waals surface area contributed by atoms with E-state index in [2.05, 4.69) is 6.58 Å². The van der Waals surface area contributed by atoms with Crippen molar-refractivity contribution < 1.29 is 32.2 Å². The summed E-state index contributed by atoms with van der Waals surface area (Å²) in [6.07, 6.45) is 1.47. The minimum absolute atomic E-state index is 0.00724. The number of ether oxygens (including phenoxy) is 3. The van der Waals surface area contributed by atoms with Crippen molar-refractivity contribution in [1.82, 2.24) is 0 Å². The van der Waals surface area contributed by atoms with Gasteiger partial charge in [-0.15, -0.1) is 6.58 Å². The molecule has 0 atom stereocenters. The van der Waals surface area contributed by atoms with Gasteiger partial charge in [-0.3, -0.25) is 9.10 Å². The molecule has 0 heterocycles. The molecule has 0 saturated carbocycles. The molecule has 0 amide bonds. The molecule has 0 N–H and O–H groups in total. The number of nitrogens with zero attached hydrogens (tertiary/aromatic N) is 1. The lowest BCUT2D eigenvalue weighted by Crippen LogP contribution is -2.31. The van der Waals surface area contributed by atoms with Gasteiger partial charge in [0.1, 0.15) is 11.5 Å². The van der Waals surface area contributed by atoms with Crippen molar-refractivity contribution in [3.05, 3.63) is 96.6 Å². The average molecular weight is 496 g/mol. The second-order valence-electron chi connectivity index (χ2n) is 7.25. The molecule has 182 valence electrons. The van der Waals surface area contributed by atoms with Crippen LogP contribution in [0.1, 0.15) is 20.7 Å². The van der Waals surface area contributed by atoms with Crippen LogP contribution in [0, 0.1) is 0 Å². The highest BCUT2D eigenvalue weighted by atomic mass is 32.2. The number of methoxy groups -OCH3 is 2. The Morgan fingerprint density at radius 1 is 0.943 bits per heavy atom. The summed E-state index contributed by atoms with van der Waals surface area (Å²) >= 11 is 0. The standard InChI is InChI=1S/C26H25NO7S/c1-4-15-27(20-10-6-5-7-11-20)35(30,31)22-12-8-9-19(16-22)26(29)34-18-24(28)23-14-13-21(32-2)17-25(23)33-3/h4-14,16-17H,1,15,18H2,2-3H3. The van der Waals surface area contributed by atoms with Crippen molar-refractivity contribution >= 4 is 27.5 Å². The van der Waals surface area contributed by atoms with Gasteiger partial charge in [0.2, 0.25) is 5.78 Å². The Morgan fingerprint density at radius 2 is 1.69 bits per heavy atom. The molecule has 35 heavy (non-hydrogen) atoms. The van der Waals surface area contributed by atoms with E-state index in [1.165, 1.54) is 54.9 Å². The van der Waals surface area contributed by atoms with Crippen LogP contribution in [0.15, 0.2) is 90.3 Å². The number of carbonyl (C=O) groups is 2. The van der Waals surface area contributed by atoms with E-state index in [-0.39, 0.29) is 28.3 Å².